The van der Waals surface area contributed by atoms with Crippen LogP contribution in [0.25, 0.3) is 10.6 Å². The summed E-state index contributed by atoms with van der Waals surface area (Å²) in [7, 11) is 0. The first kappa shape index (κ1) is 12.5. The summed E-state index contributed by atoms with van der Waals surface area (Å²) in [5, 5.41) is 9.68. The summed E-state index contributed by atoms with van der Waals surface area (Å²) in [6, 6.07) is 5.60. The van der Waals surface area contributed by atoms with E-state index in [0.29, 0.717) is 5.01 Å². The first-order chi connectivity index (χ1) is 7.97. The zero-order valence-electron chi connectivity index (χ0n) is 8.28. The van der Waals surface area contributed by atoms with E-state index in [1.54, 1.807) is 0 Å². The van der Waals surface area contributed by atoms with Gasteiger partial charge in [0, 0.05) is 14.5 Å². The number of thiazole rings is 1. The summed E-state index contributed by atoms with van der Waals surface area (Å²) >= 11 is 7.88. The van der Waals surface area contributed by atoms with Gasteiger partial charge < -0.3 is 10.8 Å². The average Bonchev–Trinajstić information content (AvgIpc) is 2.59. The van der Waals surface area contributed by atoms with E-state index in [4.69, 9.17) is 10.8 Å². The lowest BCUT2D eigenvalue weighted by atomic mass is 10.2. The number of halogens is 2. The van der Waals surface area contributed by atoms with E-state index in [1.165, 1.54) is 0 Å². The summed E-state index contributed by atoms with van der Waals surface area (Å²) in [5.74, 6) is -1.11. The van der Waals surface area contributed by atoms with Gasteiger partial charge in [0.25, 0.3) is 0 Å². The summed E-state index contributed by atoms with van der Waals surface area (Å²) < 4.78 is 1.76. The molecule has 0 radical (unpaired) electrons. The van der Waals surface area contributed by atoms with Crippen LogP contribution in [-0.2, 0) is 0 Å². The molecule has 2 rings (SSSR count). The normalized spacial score (nSPS) is 10.5. The molecule has 0 aliphatic rings. The number of carboxylic acid groups (broad SMARTS) is 1. The molecular formula is C10H6Br2N2O2S. The smallest absolute Gasteiger partial charge is 0.357 e. The second-order valence-electron chi connectivity index (χ2n) is 3.20. The number of carbonyl (C=O) groups is 1. The lowest BCUT2D eigenvalue weighted by Gasteiger charge is -1.98. The van der Waals surface area contributed by atoms with E-state index in [-0.39, 0.29) is 10.7 Å². The molecule has 4 nitrogen and oxygen atoms in total. The third-order valence-corrected chi connectivity index (χ3v) is 3.81. The van der Waals surface area contributed by atoms with E-state index in [2.05, 4.69) is 36.8 Å². The highest BCUT2D eigenvalue weighted by molar-refractivity contribution is 9.11. The van der Waals surface area contributed by atoms with Crippen LogP contribution < -0.4 is 5.73 Å². The number of nitrogens with zero attached hydrogens (tertiary/aromatic N) is 1. The predicted octanol–water partition coefficient (Wildman–Crippen LogP) is 3.62. The van der Waals surface area contributed by atoms with E-state index in [1.807, 2.05) is 18.2 Å². The van der Waals surface area contributed by atoms with Crippen LogP contribution in [0.1, 0.15) is 10.5 Å². The number of hydrogen-bond acceptors (Lipinski definition) is 4. The molecule has 0 atom stereocenters. The molecule has 2 aromatic rings. The molecule has 7 heteroatoms. The molecule has 3 N–H and O–H groups in total. The largest absolute Gasteiger partial charge is 0.476 e. The molecule has 0 saturated heterocycles. The SMILES string of the molecule is Nc1sc(-c2cc(Br)cc(Br)c2)nc1C(=O)O. The lowest BCUT2D eigenvalue weighted by Crippen LogP contribution is -2.00. The van der Waals surface area contributed by atoms with Gasteiger partial charge in [-0.05, 0) is 18.2 Å². The van der Waals surface area contributed by atoms with Crippen LogP contribution in [0.4, 0.5) is 5.00 Å². The molecule has 1 heterocycles. The van der Waals surface area contributed by atoms with Gasteiger partial charge in [0.15, 0.2) is 5.69 Å². The number of nitrogens with two attached hydrogens (primary N) is 1. The van der Waals surface area contributed by atoms with Gasteiger partial charge in [-0.3, -0.25) is 0 Å². The first-order valence-electron chi connectivity index (χ1n) is 4.43. The van der Waals surface area contributed by atoms with E-state index < -0.39 is 5.97 Å². The van der Waals surface area contributed by atoms with Crippen molar-refractivity contribution in [2.75, 3.05) is 5.73 Å². The Kier molecular flexibility index (Phi) is 3.50. The second kappa shape index (κ2) is 4.75. The molecule has 0 aliphatic heterocycles. The maximum Gasteiger partial charge on any atom is 0.357 e. The van der Waals surface area contributed by atoms with Crippen LogP contribution in [0.3, 0.4) is 0 Å². The van der Waals surface area contributed by atoms with Crippen molar-refractivity contribution in [1.82, 2.24) is 4.98 Å². The van der Waals surface area contributed by atoms with E-state index in [0.717, 1.165) is 25.8 Å². The van der Waals surface area contributed by atoms with Gasteiger partial charge in [-0.15, -0.1) is 0 Å². The molecular weight excluding hydrogens is 372 g/mol. The fraction of sp³-hybridized carbons (Fsp3) is 0. The van der Waals surface area contributed by atoms with Crippen LogP contribution in [0, 0.1) is 0 Å². The number of carboxylic acids is 1. The summed E-state index contributed by atoms with van der Waals surface area (Å²) in [5.41, 5.74) is 6.33. The molecule has 0 amide bonds. The van der Waals surface area contributed by atoms with Crippen molar-refractivity contribution in [2.24, 2.45) is 0 Å². The van der Waals surface area contributed by atoms with Crippen LogP contribution in [-0.4, -0.2) is 16.1 Å². The lowest BCUT2D eigenvalue weighted by molar-refractivity contribution is 0.0692. The van der Waals surface area contributed by atoms with Crippen molar-refractivity contribution in [3.63, 3.8) is 0 Å². The monoisotopic (exact) mass is 376 g/mol. The molecule has 0 saturated carbocycles. The number of benzene rings is 1. The Labute approximate surface area is 118 Å². The summed E-state index contributed by atoms with van der Waals surface area (Å²) in [6.45, 7) is 0. The number of nitrogen functional groups attached to an aromatic ring is 1. The standard InChI is InChI=1S/C10H6Br2N2O2S/c11-5-1-4(2-6(12)3-5)9-14-7(10(15)16)8(13)17-9/h1-3H,13H2,(H,15,16). The van der Waals surface area contributed by atoms with Crippen LogP contribution in [0.15, 0.2) is 27.1 Å². The summed E-state index contributed by atoms with van der Waals surface area (Å²) in [4.78, 5) is 14.9. The van der Waals surface area contributed by atoms with Gasteiger partial charge in [0.2, 0.25) is 0 Å². The zero-order chi connectivity index (χ0) is 12.6. The Morgan fingerprint density at radius 2 is 1.88 bits per heavy atom. The van der Waals surface area contributed by atoms with Crippen molar-refractivity contribution in [3.8, 4) is 10.6 Å². The number of aromatic carboxylic acids is 1. The van der Waals surface area contributed by atoms with Gasteiger partial charge >= 0.3 is 5.97 Å². The van der Waals surface area contributed by atoms with Gasteiger partial charge in [-0.25, -0.2) is 9.78 Å². The van der Waals surface area contributed by atoms with Crippen molar-refractivity contribution < 1.29 is 9.90 Å². The minimum absolute atomic E-state index is 0.0962. The minimum atomic E-state index is -1.11. The topological polar surface area (TPSA) is 76.2 Å². The van der Waals surface area contributed by atoms with Gasteiger partial charge in [-0.1, -0.05) is 43.2 Å². The Morgan fingerprint density at radius 1 is 1.29 bits per heavy atom. The van der Waals surface area contributed by atoms with E-state index in [9.17, 15) is 4.79 Å². The Morgan fingerprint density at radius 3 is 2.35 bits per heavy atom. The van der Waals surface area contributed by atoms with Crippen LogP contribution in [0.5, 0.6) is 0 Å². The molecule has 1 aromatic carbocycles. The highest BCUT2D eigenvalue weighted by Crippen LogP contribution is 2.33. The molecule has 0 fully saturated rings. The van der Waals surface area contributed by atoms with Crippen LogP contribution >= 0.6 is 43.2 Å². The minimum Gasteiger partial charge on any atom is -0.476 e. The fourth-order valence-electron chi connectivity index (χ4n) is 1.29. The maximum atomic E-state index is 10.8. The maximum absolute atomic E-state index is 10.8. The zero-order valence-corrected chi connectivity index (χ0v) is 12.3. The molecule has 88 valence electrons. The number of anilines is 1. The Hall–Kier alpha value is -0.920. The molecule has 17 heavy (non-hydrogen) atoms. The van der Waals surface area contributed by atoms with Crippen molar-refractivity contribution in [2.45, 2.75) is 0 Å². The van der Waals surface area contributed by atoms with Gasteiger partial charge in [0.1, 0.15) is 10.0 Å². The highest BCUT2D eigenvalue weighted by Gasteiger charge is 2.16. The van der Waals surface area contributed by atoms with Crippen molar-refractivity contribution in [3.05, 3.63) is 32.8 Å². The number of hydrogen-bond donors (Lipinski definition) is 2. The van der Waals surface area contributed by atoms with Crippen molar-refractivity contribution >= 4 is 54.2 Å². The third kappa shape index (κ3) is 2.67. The molecule has 0 unspecified atom stereocenters. The molecule has 0 aliphatic carbocycles. The average molecular weight is 378 g/mol. The number of rotatable bonds is 2. The molecule has 0 spiro atoms. The van der Waals surface area contributed by atoms with E-state index >= 15 is 0 Å². The summed E-state index contributed by atoms with van der Waals surface area (Å²) in [6.07, 6.45) is 0. The third-order valence-electron chi connectivity index (χ3n) is 1.97. The van der Waals surface area contributed by atoms with Gasteiger partial charge in [-0.2, -0.15) is 0 Å². The number of aromatic nitrogens is 1. The van der Waals surface area contributed by atoms with Gasteiger partial charge in [0.05, 0.1) is 0 Å². The molecule has 0 bridgehead atoms. The quantitative estimate of drug-likeness (QED) is 0.837. The van der Waals surface area contributed by atoms with Crippen LogP contribution in [0.2, 0.25) is 0 Å². The second-order valence-corrected chi connectivity index (χ2v) is 6.06. The Bertz CT molecular complexity index is 578. The molecule has 1 aromatic heterocycles. The van der Waals surface area contributed by atoms with Crippen molar-refractivity contribution in [1.29, 1.82) is 0 Å². The fourth-order valence-corrected chi connectivity index (χ4v) is 3.39. The highest BCUT2D eigenvalue weighted by atomic mass is 79.9. The predicted molar refractivity (Wildman–Crippen MR) is 74.3 cm³/mol. The first-order valence-corrected chi connectivity index (χ1v) is 6.83. The Balaban J connectivity index is 2.53.